The summed E-state index contributed by atoms with van der Waals surface area (Å²) in [4.78, 5) is 0. The summed E-state index contributed by atoms with van der Waals surface area (Å²) in [7, 11) is 0. The maximum atomic E-state index is 10.7. The van der Waals surface area contributed by atoms with E-state index < -0.39 is 24.2 Å². The summed E-state index contributed by atoms with van der Waals surface area (Å²) in [6.07, 6.45) is 3.95. The summed E-state index contributed by atoms with van der Waals surface area (Å²) in [5, 5.41) is 40.8. The molecule has 4 N–H and O–H groups in total. The molecule has 168 valence electrons. The predicted octanol–water partition coefficient (Wildman–Crippen LogP) is 3.68. The van der Waals surface area contributed by atoms with Crippen molar-refractivity contribution in [3.63, 3.8) is 0 Å². The molecule has 31 heavy (non-hydrogen) atoms. The van der Waals surface area contributed by atoms with Crippen molar-refractivity contribution in [2.75, 3.05) is 6.61 Å². The van der Waals surface area contributed by atoms with Gasteiger partial charge in [0.05, 0.1) is 12.2 Å². The smallest absolute Gasteiger partial charge is 0.107 e. The third-order valence-corrected chi connectivity index (χ3v) is 7.24. The van der Waals surface area contributed by atoms with Gasteiger partial charge in [0.2, 0.25) is 0 Å². The fourth-order valence-corrected chi connectivity index (χ4v) is 5.07. The van der Waals surface area contributed by atoms with Gasteiger partial charge in [0.25, 0.3) is 0 Å². The van der Waals surface area contributed by atoms with Crippen LogP contribution in [-0.2, 0) is 12.8 Å². The van der Waals surface area contributed by atoms with E-state index in [4.69, 9.17) is 0 Å². The number of aliphatic hydroxyl groups is 4. The highest BCUT2D eigenvalue weighted by Crippen LogP contribution is 2.44. The number of hydrogen-bond acceptors (Lipinski definition) is 4. The maximum Gasteiger partial charge on any atom is 0.107 e. The zero-order valence-corrected chi connectivity index (χ0v) is 18.5. The van der Waals surface area contributed by atoms with E-state index in [1.165, 1.54) is 47.9 Å². The van der Waals surface area contributed by atoms with Crippen molar-refractivity contribution in [1.82, 2.24) is 0 Å². The maximum absolute atomic E-state index is 10.7. The monoisotopic (exact) mass is 424 g/mol. The summed E-state index contributed by atoms with van der Waals surface area (Å²) < 4.78 is 0. The van der Waals surface area contributed by atoms with Gasteiger partial charge < -0.3 is 20.4 Å². The Morgan fingerprint density at radius 2 is 1.58 bits per heavy atom. The Morgan fingerprint density at radius 1 is 0.871 bits per heavy atom. The van der Waals surface area contributed by atoms with Crippen molar-refractivity contribution in [2.45, 2.75) is 82.0 Å². The van der Waals surface area contributed by atoms with Gasteiger partial charge in [0.15, 0.2) is 0 Å². The number of rotatable bonds is 8. The van der Waals surface area contributed by atoms with Crippen molar-refractivity contribution in [2.24, 2.45) is 5.92 Å². The fraction of sp³-hybridized carbons (Fsp3) is 0.556. The number of hydrogen-bond donors (Lipinski definition) is 4. The van der Waals surface area contributed by atoms with Crippen molar-refractivity contribution in [3.05, 3.63) is 70.3 Å². The SMILES string of the molecule is CCCCc1ccc(Cc2cc([C@@H]3C[C@H](CO)[C@@H](O)[C@H](O)[C@H]3O)ccc2C2CC2)cc1. The molecular weight excluding hydrogens is 388 g/mol. The molecule has 2 aliphatic rings. The molecule has 0 spiro atoms. The van der Waals surface area contributed by atoms with Crippen molar-refractivity contribution < 1.29 is 20.4 Å². The highest BCUT2D eigenvalue weighted by atomic mass is 16.4. The van der Waals surface area contributed by atoms with Crippen LogP contribution in [0.25, 0.3) is 0 Å². The Bertz CT molecular complexity index is 856. The molecule has 2 aromatic carbocycles. The van der Waals surface area contributed by atoms with Crippen LogP contribution in [0.2, 0.25) is 0 Å². The normalized spacial score (nSPS) is 28.6. The molecule has 0 amide bonds. The summed E-state index contributed by atoms with van der Waals surface area (Å²) in [5.41, 5.74) is 6.33. The molecule has 0 aliphatic heterocycles. The molecule has 2 aromatic rings. The molecule has 4 rings (SSSR count). The first-order valence-corrected chi connectivity index (χ1v) is 11.9. The van der Waals surface area contributed by atoms with Crippen molar-refractivity contribution in [1.29, 1.82) is 0 Å². The van der Waals surface area contributed by atoms with E-state index in [-0.39, 0.29) is 12.5 Å². The minimum atomic E-state index is -1.24. The number of benzene rings is 2. The summed E-state index contributed by atoms with van der Waals surface area (Å²) >= 11 is 0. The lowest BCUT2D eigenvalue weighted by molar-refractivity contribution is -0.127. The van der Waals surface area contributed by atoms with Gasteiger partial charge in [-0.1, -0.05) is 55.8 Å². The first kappa shape index (κ1) is 22.5. The van der Waals surface area contributed by atoms with E-state index in [0.29, 0.717) is 12.3 Å². The second-order valence-electron chi connectivity index (χ2n) is 9.59. The van der Waals surface area contributed by atoms with Gasteiger partial charge in [0, 0.05) is 18.4 Å². The zero-order chi connectivity index (χ0) is 22.0. The number of unbranched alkanes of at least 4 members (excludes halogenated alkanes) is 1. The Balaban J connectivity index is 1.58. The van der Waals surface area contributed by atoms with Gasteiger partial charge in [-0.15, -0.1) is 0 Å². The minimum absolute atomic E-state index is 0.196. The Hall–Kier alpha value is -1.72. The van der Waals surface area contributed by atoms with Gasteiger partial charge in [-0.05, 0) is 72.3 Å². The van der Waals surface area contributed by atoms with Crippen molar-refractivity contribution in [3.8, 4) is 0 Å². The molecule has 2 saturated carbocycles. The Labute approximate surface area is 185 Å². The van der Waals surface area contributed by atoms with E-state index in [9.17, 15) is 20.4 Å². The predicted molar refractivity (Wildman–Crippen MR) is 122 cm³/mol. The van der Waals surface area contributed by atoms with Crippen LogP contribution in [0.3, 0.4) is 0 Å². The van der Waals surface area contributed by atoms with E-state index in [0.717, 1.165) is 18.4 Å². The van der Waals surface area contributed by atoms with Crippen LogP contribution in [0.15, 0.2) is 42.5 Å². The van der Waals surface area contributed by atoms with Crippen LogP contribution in [0, 0.1) is 5.92 Å². The average Bonchev–Trinajstić information content (AvgIpc) is 3.63. The van der Waals surface area contributed by atoms with Crippen LogP contribution in [0.5, 0.6) is 0 Å². The van der Waals surface area contributed by atoms with E-state index in [1.807, 2.05) is 0 Å². The summed E-state index contributed by atoms with van der Waals surface area (Å²) in [6.45, 7) is 2.02. The third kappa shape index (κ3) is 5.04. The number of aliphatic hydroxyl groups excluding tert-OH is 4. The molecule has 0 bridgehead atoms. The zero-order valence-electron chi connectivity index (χ0n) is 18.5. The van der Waals surface area contributed by atoms with E-state index in [2.05, 4.69) is 49.4 Å². The van der Waals surface area contributed by atoms with Gasteiger partial charge in [0.1, 0.15) is 6.10 Å². The first-order chi connectivity index (χ1) is 15.0. The molecule has 0 aromatic heterocycles. The topological polar surface area (TPSA) is 80.9 Å². The minimum Gasteiger partial charge on any atom is -0.396 e. The summed E-state index contributed by atoms with van der Waals surface area (Å²) in [5.74, 6) is -0.0913. The molecule has 0 unspecified atom stereocenters. The lowest BCUT2D eigenvalue weighted by Gasteiger charge is -2.40. The molecule has 0 saturated heterocycles. The standard InChI is InChI=1S/C27H36O4/c1-2-3-4-17-5-7-18(8-6-17)13-21-14-20(11-12-23(21)19-9-10-19)24-15-22(16-28)25(29)27(31)26(24)30/h5-8,11-12,14,19,22,24-31H,2-4,9-10,13,15-16H2,1H3/t22-,24+,25-,26+,27+/m1/s1. The summed E-state index contributed by atoms with van der Waals surface area (Å²) in [6, 6.07) is 15.4. The lowest BCUT2D eigenvalue weighted by atomic mass is 9.72. The molecular formula is C27H36O4. The molecule has 0 heterocycles. The quantitative estimate of drug-likeness (QED) is 0.521. The van der Waals surface area contributed by atoms with Crippen LogP contribution in [0.1, 0.15) is 78.7 Å². The van der Waals surface area contributed by atoms with Crippen LogP contribution < -0.4 is 0 Å². The molecule has 0 radical (unpaired) electrons. The molecule has 5 atom stereocenters. The largest absolute Gasteiger partial charge is 0.396 e. The van der Waals surface area contributed by atoms with Crippen LogP contribution >= 0.6 is 0 Å². The fourth-order valence-electron chi connectivity index (χ4n) is 5.07. The van der Waals surface area contributed by atoms with Gasteiger partial charge >= 0.3 is 0 Å². The molecule has 4 nitrogen and oxygen atoms in total. The van der Waals surface area contributed by atoms with E-state index in [1.54, 1.807) is 0 Å². The molecule has 4 heteroatoms. The Kier molecular flexibility index (Phi) is 7.12. The number of aryl methyl sites for hydroxylation is 1. The van der Waals surface area contributed by atoms with Crippen LogP contribution in [0.4, 0.5) is 0 Å². The van der Waals surface area contributed by atoms with Crippen molar-refractivity contribution >= 4 is 0 Å². The molecule has 2 aliphatic carbocycles. The highest BCUT2D eigenvalue weighted by molar-refractivity contribution is 5.42. The van der Waals surface area contributed by atoms with Gasteiger partial charge in [-0.2, -0.15) is 0 Å². The van der Waals surface area contributed by atoms with Gasteiger partial charge in [-0.25, -0.2) is 0 Å². The lowest BCUT2D eigenvalue weighted by Crippen LogP contribution is -2.51. The van der Waals surface area contributed by atoms with E-state index >= 15 is 0 Å². The van der Waals surface area contributed by atoms with Gasteiger partial charge in [-0.3, -0.25) is 0 Å². The first-order valence-electron chi connectivity index (χ1n) is 11.9. The Morgan fingerprint density at radius 3 is 2.23 bits per heavy atom. The highest BCUT2D eigenvalue weighted by Gasteiger charge is 2.43. The second-order valence-corrected chi connectivity index (χ2v) is 9.59. The molecule has 2 fully saturated rings. The second kappa shape index (κ2) is 9.83. The third-order valence-electron chi connectivity index (χ3n) is 7.24. The average molecular weight is 425 g/mol. The van der Waals surface area contributed by atoms with Crippen LogP contribution in [-0.4, -0.2) is 45.3 Å².